The maximum atomic E-state index is 13.6. The Morgan fingerprint density at radius 2 is 1.91 bits per heavy atom. The number of para-hydroxylation sites is 2. The number of carbonyl (C=O) groups is 1. The van der Waals surface area contributed by atoms with Crippen molar-refractivity contribution in [3.05, 3.63) is 47.5 Å². The summed E-state index contributed by atoms with van der Waals surface area (Å²) in [5, 5.41) is 0.700. The first-order chi connectivity index (χ1) is 15.6. The molecule has 0 radical (unpaired) electrons. The van der Waals surface area contributed by atoms with Crippen molar-refractivity contribution in [3.8, 4) is 11.5 Å². The normalized spacial score (nSPS) is 18.6. The van der Waals surface area contributed by atoms with E-state index in [-0.39, 0.29) is 12.5 Å². The Labute approximate surface area is 191 Å². The Kier molecular flexibility index (Phi) is 5.99. The number of amides is 1. The molecule has 1 saturated heterocycles. The van der Waals surface area contributed by atoms with Crippen LogP contribution in [0.5, 0.6) is 11.5 Å². The molecule has 1 aromatic heterocycles. The fourth-order valence-corrected chi connectivity index (χ4v) is 5.04. The Morgan fingerprint density at radius 1 is 1.16 bits per heavy atom. The molecule has 3 aromatic rings. The van der Waals surface area contributed by atoms with Crippen molar-refractivity contribution in [2.24, 2.45) is 0 Å². The van der Waals surface area contributed by atoms with Crippen LogP contribution in [0.4, 0.5) is 5.13 Å². The first-order valence-corrected chi connectivity index (χ1v) is 11.8. The molecule has 8 heteroatoms. The zero-order valence-corrected chi connectivity index (χ0v) is 19.2. The monoisotopic (exact) mass is 453 g/mol. The van der Waals surface area contributed by atoms with E-state index in [0.29, 0.717) is 23.2 Å². The topological polar surface area (TPSA) is 64.1 Å². The van der Waals surface area contributed by atoms with Crippen LogP contribution < -0.4 is 14.4 Å². The first kappa shape index (κ1) is 21.2. The van der Waals surface area contributed by atoms with Gasteiger partial charge in [0, 0.05) is 26.2 Å². The summed E-state index contributed by atoms with van der Waals surface area (Å²) in [6, 6.07) is 11.7. The van der Waals surface area contributed by atoms with Crippen LogP contribution in [0, 0.1) is 13.8 Å². The van der Waals surface area contributed by atoms with Crippen molar-refractivity contribution in [1.82, 2.24) is 9.88 Å². The van der Waals surface area contributed by atoms with E-state index < -0.39 is 6.10 Å². The predicted octanol–water partition coefficient (Wildman–Crippen LogP) is 3.42. The van der Waals surface area contributed by atoms with E-state index in [4.69, 9.17) is 19.2 Å². The van der Waals surface area contributed by atoms with Crippen molar-refractivity contribution < 1.29 is 19.0 Å². The minimum atomic E-state index is -0.704. The minimum Gasteiger partial charge on any atom is -0.485 e. The summed E-state index contributed by atoms with van der Waals surface area (Å²) in [5.41, 5.74) is 3.34. The Balaban J connectivity index is 1.42. The standard InChI is InChI=1S/C24H27N3O4S/c1-16-13-18-22(14-17(16)2)32-24(25-18)27(8-7-26-9-11-29-12-10-26)23(28)21-15-30-19-5-3-4-6-20(19)31-21/h3-6,13-14,21H,7-12,15H2,1-2H3/t21-/m1/s1. The van der Waals surface area contributed by atoms with E-state index in [1.54, 1.807) is 16.2 Å². The van der Waals surface area contributed by atoms with E-state index in [9.17, 15) is 4.79 Å². The van der Waals surface area contributed by atoms with E-state index in [2.05, 4.69) is 30.9 Å². The van der Waals surface area contributed by atoms with Crippen molar-refractivity contribution >= 4 is 32.6 Å². The number of fused-ring (bicyclic) bond motifs is 2. The number of aryl methyl sites for hydroxylation is 2. The Bertz CT molecular complexity index is 1090. The van der Waals surface area contributed by atoms with Crippen LogP contribution in [0.1, 0.15) is 11.1 Å². The van der Waals surface area contributed by atoms with E-state index in [1.807, 2.05) is 24.3 Å². The number of benzene rings is 2. The predicted molar refractivity (Wildman–Crippen MR) is 125 cm³/mol. The maximum absolute atomic E-state index is 13.6. The van der Waals surface area contributed by atoms with Gasteiger partial charge in [0.25, 0.3) is 5.91 Å². The van der Waals surface area contributed by atoms with Crippen LogP contribution in [0.3, 0.4) is 0 Å². The third-order valence-corrected chi connectivity index (χ3v) is 7.06. The molecule has 0 bridgehead atoms. The molecule has 7 nitrogen and oxygen atoms in total. The molecule has 32 heavy (non-hydrogen) atoms. The van der Waals surface area contributed by atoms with Crippen LogP contribution in [0.25, 0.3) is 10.2 Å². The lowest BCUT2D eigenvalue weighted by Gasteiger charge is -2.32. The molecule has 5 rings (SSSR count). The van der Waals surface area contributed by atoms with Crippen LogP contribution >= 0.6 is 11.3 Å². The summed E-state index contributed by atoms with van der Waals surface area (Å²) in [4.78, 5) is 22.5. The average molecular weight is 454 g/mol. The highest BCUT2D eigenvalue weighted by Crippen LogP contribution is 2.34. The number of rotatable bonds is 5. The van der Waals surface area contributed by atoms with Gasteiger partial charge in [0.05, 0.1) is 23.4 Å². The molecule has 0 spiro atoms. The summed E-state index contributed by atoms with van der Waals surface area (Å²) >= 11 is 1.55. The molecule has 2 aliphatic heterocycles. The molecule has 2 aromatic carbocycles. The molecule has 0 saturated carbocycles. The van der Waals surface area contributed by atoms with Gasteiger partial charge in [-0.3, -0.25) is 14.6 Å². The zero-order chi connectivity index (χ0) is 22.1. The zero-order valence-electron chi connectivity index (χ0n) is 18.4. The highest BCUT2D eigenvalue weighted by Gasteiger charge is 2.33. The molecule has 0 unspecified atom stereocenters. The van der Waals surface area contributed by atoms with Crippen LogP contribution in [0.15, 0.2) is 36.4 Å². The second kappa shape index (κ2) is 9.05. The Hall–Kier alpha value is -2.68. The highest BCUT2D eigenvalue weighted by molar-refractivity contribution is 7.22. The van der Waals surface area contributed by atoms with Gasteiger partial charge in [0.15, 0.2) is 16.6 Å². The molecule has 3 heterocycles. The quantitative estimate of drug-likeness (QED) is 0.590. The van der Waals surface area contributed by atoms with Gasteiger partial charge in [0.2, 0.25) is 6.10 Å². The minimum absolute atomic E-state index is 0.125. The third-order valence-electron chi connectivity index (χ3n) is 6.02. The molecule has 168 valence electrons. The number of morpholine rings is 1. The van der Waals surface area contributed by atoms with Gasteiger partial charge in [-0.05, 0) is 49.2 Å². The maximum Gasteiger partial charge on any atom is 0.273 e. The summed E-state index contributed by atoms with van der Waals surface area (Å²) in [5.74, 6) is 1.14. The fraction of sp³-hybridized carbons (Fsp3) is 0.417. The summed E-state index contributed by atoms with van der Waals surface area (Å²) < 4.78 is 18.4. The molecule has 1 amide bonds. The van der Waals surface area contributed by atoms with Gasteiger partial charge >= 0.3 is 0 Å². The molecular formula is C24H27N3O4S. The number of carbonyl (C=O) groups excluding carboxylic acids is 1. The van der Waals surface area contributed by atoms with Gasteiger partial charge in [-0.15, -0.1) is 0 Å². The average Bonchev–Trinajstić information content (AvgIpc) is 3.22. The summed E-state index contributed by atoms with van der Waals surface area (Å²) in [7, 11) is 0. The molecule has 1 atom stereocenters. The first-order valence-electron chi connectivity index (χ1n) is 11.0. The lowest BCUT2D eigenvalue weighted by Crippen LogP contribution is -2.49. The molecular weight excluding hydrogens is 426 g/mol. The van der Waals surface area contributed by atoms with Gasteiger partial charge in [-0.2, -0.15) is 0 Å². The summed E-state index contributed by atoms with van der Waals surface area (Å²) in [6.45, 7) is 8.86. The molecule has 1 fully saturated rings. The summed E-state index contributed by atoms with van der Waals surface area (Å²) in [6.07, 6.45) is -0.704. The largest absolute Gasteiger partial charge is 0.485 e. The lowest BCUT2D eigenvalue weighted by molar-refractivity contribution is -0.127. The van der Waals surface area contributed by atoms with Crippen molar-refractivity contribution in [2.75, 3.05) is 50.9 Å². The molecule has 0 N–H and O–H groups in total. The van der Waals surface area contributed by atoms with Crippen LogP contribution in [-0.4, -0.2) is 67.9 Å². The van der Waals surface area contributed by atoms with Crippen LogP contribution in [-0.2, 0) is 9.53 Å². The smallest absolute Gasteiger partial charge is 0.273 e. The van der Waals surface area contributed by atoms with Crippen molar-refractivity contribution in [3.63, 3.8) is 0 Å². The number of anilines is 1. The van der Waals surface area contributed by atoms with Crippen LogP contribution in [0.2, 0.25) is 0 Å². The second-order valence-electron chi connectivity index (χ2n) is 8.21. The van der Waals surface area contributed by atoms with Gasteiger partial charge in [-0.25, -0.2) is 4.98 Å². The lowest BCUT2D eigenvalue weighted by atomic mass is 10.1. The van der Waals surface area contributed by atoms with Crippen molar-refractivity contribution in [2.45, 2.75) is 20.0 Å². The number of hydrogen-bond donors (Lipinski definition) is 0. The van der Waals surface area contributed by atoms with E-state index in [0.717, 1.165) is 43.1 Å². The molecule has 2 aliphatic rings. The van der Waals surface area contributed by atoms with Gasteiger partial charge in [0.1, 0.15) is 6.61 Å². The second-order valence-corrected chi connectivity index (χ2v) is 9.22. The van der Waals surface area contributed by atoms with Gasteiger partial charge in [-0.1, -0.05) is 23.5 Å². The SMILES string of the molecule is Cc1cc2nc(N(CCN3CCOCC3)C(=O)[C@H]3COc4ccccc4O3)sc2cc1C. The number of thiazole rings is 1. The van der Waals surface area contributed by atoms with Crippen molar-refractivity contribution in [1.29, 1.82) is 0 Å². The number of nitrogens with zero attached hydrogens (tertiary/aromatic N) is 3. The number of aromatic nitrogens is 1. The fourth-order valence-electron chi connectivity index (χ4n) is 3.96. The molecule has 0 aliphatic carbocycles. The highest BCUT2D eigenvalue weighted by atomic mass is 32.1. The third kappa shape index (κ3) is 4.30. The Morgan fingerprint density at radius 3 is 2.72 bits per heavy atom. The van der Waals surface area contributed by atoms with E-state index in [1.165, 1.54) is 11.1 Å². The van der Waals surface area contributed by atoms with Gasteiger partial charge < -0.3 is 14.2 Å². The number of hydrogen-bond acceptors (Lipinski definition) is 7. The van der Waals surface area contributed by atoms with E-state index >= 15 is 0 Å². The number of ether oxygens (including phenoxy) is 3.